The van der Waals surface area contributed by atoms with Crippen molar-refractivity contribution >= 4 is 5.69 Å². The summed E-state index contributed by atoms with van der Waals surface area (Å²) < 4.78 is 5.85. The average molecular weight is 300 g/mol. The second kappa shape index (κ2) is 6.19. The van der Waals surface area contributed by atoms with Crippen LogP contribution in [0.2, 0.25) is 0 Å². The van der Waals surface area contributed by atoms with Gasteiger partial charge in [0.25, 0.3) is 5.56 Å². The van der Waals surface area contributed by atoms with E-state index in [4.69, 9.17) is 4.74 Å². The Bertz CT molecular complexity index is 726. The molecule has 3 rings (SSSR count). The van der Waals surface area contributed by atoms with Gasteiger partial charge in [-0.05, 0) is 25.6 Å². The van der Waals surface area contributed by atoms with E-state index in [1.54, 1.807) is 6.20 Å². The Kier molecular flexibility index (Phi) is 4.11. The number of rotatable bonds is 5. The summed E-state index contributed by atoms with van der Waals surface area (Å²) in [6.07, 6.45) is 1.71. The number of hydrogen-bond donors (Lipinski definition) is 2. The summed E-state index contributed by atoms with van der Waals surface area (Å²) in [6.45, 7) is 4.77. The first-order valence-corrected chi connectivity index (χ1v) is 7.38. The highest BCUT2D eigenvalue weighted by Gasteiger charge is 2.24. The molecule has 0 bridgehead atoms. The maximum Gasteiger partial charge on any atom is 0.269 e. The van der Waals surface area contributed by atoms with Crippen LogP contribution in [-0.4, -0.2) is 30.4 Å². The van der Waals surface area contributed by atoms with Crippen molar-refractivity contribution < 1.29 is 4.74 Å². The summed E-state index contributed by atoms with van der Waals surface area (Å²) >= 11 is 0. The fraction of sp³-hybridized carbons (Fsp3) is 0.375. The summed E-state index contributed by atoms with van der Waals surface area (Å²) in [5.41, 5.74) is 3.86. The molecule has 0 aliphatic carbocycles. The lowest BCUT2D eigenvalue weighted by molar-refractivity contribution is 0.315. The van der Waals surface area contributed by atoms with Crippen LogP contribution in [0.15, 0.2) is 29.2 Å². The van der Waals surface area contributed by atoms with Gasteiger partial charge in [0.15, 0.2) is 0 Å². The Morgan fingerprint density at radius 1 is 1.41 bits per heavy atom. The molecule has 0 spiro atoms. The molecule has 6 nitrogen and oxygen atoms in total. The lowest BCUT2D eigenvalue weighted by Crippen LogP contribution is -2.21. The molecule has 0 radical (unpaired) electrons. The van der Waals surface area contributed by atoms with Gasteiger partial charge in [0, 0.05) is 30.8 Å². The van der Waals surface area contributed by atoms with Gasteiger partial charge in [-0.1, -0.05) is 12.1 Å². The molecule has 0 saturated carbocycles. The van der Waals surface area contributed by atoms with E-state index in [0.717, 1.165) is 31.1 Å². The van der Waals surface area contributed by atoms with Crippen molar-refractivity contribution in [2.45, 2.75) is 20.0 Å². The van der Waals surface area contributed by atoms with Crippen molar-refractivity contribution in [3.63, 3.8) is 0 Å². The van der Waals surface area contributed by atoms with E-state index in [2.05, 4.69) is 26.5 Å². The fourth-order valence-electron chi connectivity index (χ4n) is 2.73. The first-order chi connectivity index (χ1) is 10.7. The van der Waals surface area contributed by atoms with Crippen LogP contribution in [0, 0.1) is 6.92 Å². The van der Waals surface area contributed by atoms with Crippen molar-refractivity contribution in [1.82, 2.24) is 15.5 Å². The molecule has 1 aromatic heterocycles. The van der Waals surface area contributed by atoms with Gasteiger partial charge in [-0.2, -0.15) is 5.10 Å². The highest BCUT2D eigenvalue weighted by Crippen LogP contribution is 2.34. The molecule has 2 aromatic rings. The number of benzene rings is 1. The topological polar surface area (TPSA) is 70.2 Å². The van der Waals surface area contributed by atoms with E-state index in [1.165, 1.54) is 11.1 Å². The molecule has 1 aromatic carbocycles. The number of H-pyrrole nitrogens is 1. The van der Waals surface area contributed by atoms with Gasteiger partial charge in [-0.3, -0.25) is 4.79 Å². The molecule has 6 heteroatoms. The number of fused-ring (bicyclic) bond motifs is 1. The van der Waals surface area contributed by atoms with Crippen molar-refractivity contribution in [2.75, 3.05) is 25.1 Å². The third-order valence-corrected chi connectivity index (χ3v) is 3.97. The molecule has 2 heterocycles. The van der Waals surface area contributed by atoms with Gasteiger partial charge in [-0.15, -0.1) is 0 Å². The minimum Gasteiger partial charge on any atom is -0.492 e. The van der Waals surface area contributed by atoms with E-state index in [0.29, 0.717) is 12.2 Å². The zero-order valence-corrected chi connectivity index (χ0v) is 12.8. The predicted octanol–water partition coefficient (Wildman–Crippen LogP) is 1.20. The quantitative estimate of drug-likeness (QED) is 0.812. The Morgan fingerprint density at radius 3 is 3.09 bits per heavy atom. The van der Waals surface area contributed by atoms with Crippen molar-refractivity contribution in [3.05, 3.63) is 51.4 Å². The smallest absolute Gasteiger partial charge is 0.269 e. The fourth-order valence-corrected chi connectivity index (χ4v) is 2.73. The number of aromatic nitrogens is 2. The number of likely N-dealkylation sites (N-methyl/N-ethyl adjacent to an activating group) is 1. The third-order valence-electron chi connectivity index (χ3n) is 3.97. The van der Waals surface area contributed by atoms with Gasteiger partial charge in [-0.25, -0.2) is 5.10 Å². The largest absolute Gasteiger partial charge is 0.492 e. The Labute approximate surface area is 129 Å². The maximum absolute atomic E-state index is 11.7. The number of aromatic amines is 1. The van der Waals surface area contributed by atoms with Gasteiger partial charge in [0.05, 0.1) is 11.9 Å². The molecule has 22 heavy (non-hydrogen) atoms. The lowest BCUT2D eigenvalue weighted by atomic mass is 10.1. The molecule has 0 saturated heterocycles. The van der Waals surface area contributed by atoms with Gasteiger partial charge < -0.3 is 15.0 Å². The number of nitrogens with zero attached hydrogens (tertiary/aromatic N) is 2. The highest BCUT2D eigenvalue weighted by molar-refractivity contribution is 5.57. The normalized spacial score (nSPS) is 13.3. The molecular weight excluding hydrogens is 280 g/mol. The number of ether oxygens (including phenoxy) is 1. The number of anilines is 1. The van der Waals surface area contributed by atoms with Gasteiger partial charge in [0.1, 0.15) is 12.4 Å². The van der Waals surface area contributed by atoms with Gasteiger partial charge in [0.2, 0.25) is 0 Å². The second-order valence-corrected chi connectivity index (χ2v) is 5.41. The van der Waals surface area contributed by atoms with Crippen LogP contribution >= 0.6 is 0 Å². The van der Waals surface area contributed by atoms with E-state index in [-0.39, 0.29) is 5.56 Å². The zero-order chi connectivity index (χ0) is 15.5. The second-order valence-electron chi connectivity index (χ2n) is 5.41. The zero-order valence-electron chi connectivity index (χ0n) is 12.8. The summed E-state index contributed by atoms with van der Waals surface area (Å²) in [4.78, 5) is 13.9. The molecule has 1 aliphatic rings. The van der Waals surface area contributed by atoms with Crippen LogP contribution in [0.25, 0.3) is 0 Å². The van der Waals surface area contributed by atoms with Crippen LogP contribution in [0.4, 0.5) is 5.69 Å². The van der Waals surface area contributed by atoms with E-state index in [9.17, 15) is 4.79 Å². The Hall–Kier alpha value is -2.34. The summed E-state index contributed by atoms with van der Waals surface area (Å²) in [5.74, 6) is 0.922. The molecule has 1 aliphatic heterocycles. The Morgan fingerprint density at radius 2 is 2.27 bits per heavy atom. The maximum atomic E-state index is 11.7. The Balaban J connectivity index is 1.84. The van der Waals surface area contributed by atoms with Crippen LogP contribution in [0.1, 0.15) is 16.7 Å². The number of hydrogen-bond acceptors (Lipinski definition) is 5. The summed E-state index contributed by atoms with van der Waals surface area (Å²) in [5, 5.41) is 9.46. The van der Waals surface area contributed by atoms with Crippen molar-refractivity contribution in [2.24, 2.45) is 0 Å². The van der Waals surface area contributed by atoms with E-state index >= 15 is 0 Å². The van der Waals surface area contributed by atoms with E-state index < -0.39 is 0 Å². The molecule has 0 atom stereocenters. The van der Waals surface area contributed by atoms with Crippen LogP contribution < -0.4 is 20.5 Å². The van der Waals surface area contributed by atoms with Crippen LogP contribution in [0.3, 0.4) is 0 Å². The highest BCUT2D eigenvalue weighted by atomic mass is 16.5. The van der Waals surface area contributed by atoms with Crippen LogP contribution in [0.5, 0.6) is 5.75 Å². The van der Waals surface area contributed by atoms with Crippen molar-refractivity contribution in [1.29, 1.82) is 0 Å². The minimum absolute atomic E-state index is 0.140. The van der Waals surface area contributed by atoms with Crippen LogP contribution in [-0.2, 0) is 13.1 Å². The standard InChI is InChI=1S/C16H20N4O2/c1-11-14(8-18-19-16(11)21)20-9-12-4-3-5-15(13(12)10-20)22-7-6-17-2/h3-5,8,17H,6-7,9-10H2,1-2H3,(H,19,21). The predicted molar refractivity (Wildman–Crippen MR) is 85.3 cm³/mol. The monoisotopic (exact) mass is 300 g/mol. The van der Waals surface area contributed by atoms with Gasteiger partial charge >= 0.3 is 0 Å². The molecule has 0 fully saturated rings. The van der Waals surface area contributed by atoms with Crippen molar-refractivity contribution in [3.8, 4) is 5.75 Å². The molecule has 0 unspecified atom stereocenters. The SMILES string of the molecule is CNCCOc1cccc2c1CN(c1cn[nH]c(=O)c1C)C2. The molecule has 0 amide bonds. The van der Waals surface area contributed by atoms with E-state index in [1.807, 2.05) is 26.1 Å². The third kappa shape index (κ3) is 2.69. The lowest BCUT2D eigenvalue weighted by Gasteiger charge is -2.18. The summed E-state index contributed by atoms with van der Waals surface area (Å²) in [6, 6.07) is 6.12. The molecule has 2 N–H and O–H groups in total. The summed E-state index contributed by atoms with van der Waals surface area (Å²) in [7, 11) is 1.91. The molecular formula is C16H20N4O2. The average Bonchev–Trinajstić information content (AvgIpc) is 2.95. The molecule has 116 valence electrons. The first kappa shape index (κ1) is 14.6. The number of nitrogens with one attached hydrogen (secondary N) is 2. The first-order valence-electron chi connectivity index (χ1n) is 7.38. The minimum atomic E-state index is -0.140.